The van der Waals surface area contributed by atoms with Crippen molar-refractivity contribution in [2.24, 2.45) is 11.8 Å². The summed E-state index contributed by atoms with van der Waals surface area (Å²) in [5.74, 6) is 0.703. The largest absolute Gasteiger partial charge is 0.481 e. The molecule has 3 fully saturated rings. The Hall–Kier alpha value is -2.63. The fourth-order valence-electron chi connectivity index (χ4n) is 5.83. The van der Waals surface area contributed by atoms with Gasteiger partial charge in [-0.25, -0.2) is 4.98 Å². The molecule has 6 heteroatoms. The van der Waals surface area contributed by atoms with Crippen LogP contribution in [-0.2, 0) is 4.79 Å². The summed E-state index contributed by atoms with van der Waals surface area (Å²) in [4.78, 5) is 31.3. The number of hydrogen-bond acceptors (Lipinski definition) is 4. The number of amides is 1. The van der Waals surface area contributed by atoms with Crippen LogP contribution in [0.4, 0.5) is 5.82 Å². The standard InChI is InChI=1S/C25H31N3O3/c1-15-2-6-20(7-3-15)27-23-13-16-4-5-17(10-19(16)14-26-23)24(29)28-21-8-9-22(28)12-18(11-21)25(30)31/h4-5,10,13-15,18,20-22H,2-3,6-9,11-12H2,1H3,(H,26,27)(H,30,31). The van der Waals surface area contributed by atoms with Crippen molar-refractivity contribution in [2.45, 2.75) is 76.4 Å². The van der Waals surface area contributed by atoms with Crippen molar-refractivity contribution in [1.82, 2.24) is 9.88 Å². The van der Waals surface area contributed by atoms with Crippen molar-refractivity contribution in [3.05, 3.63) is 36.0 Å². The van der Waals surface area contributed by atoms with Gasteiger partial charge in [0, 0.05) is 35.3 Å². The molecule has 2 atom stereocenters. The molecule has 2 aromatic rings. The summed E-state index contributed by atoms with van der Waals surface area (Å²) < 4.78 is 0. The second-order valence-corrected chi connectivity index (χ2v) is 9.84. The monoisotopic (exact) mass is 421 g/mol. The number of nitrogens with zero attached hydrogens (tertiary/aromatic N) is 2. The number of piperidine rings is 1. The van der Waals surface area contributed by atoms with Crippen LogP contribution in [0.15, 0.2) is 30.5 Å². The quantitative estimate of drug-likeness (QED) is 0.748. The number of rotatable bonds is 4. The highest BCUT2D eigenvalue weighted by Crippen LogP contribution is 2.40. The Morgan fingerprint density at radius 3 is 2.39 bits per heavy atom. The zero-order chi connectivity index (χ0) is 21.5. The van der Waals surface area contributed by atoms with E-state index in [1.807, 2.05) is 29.3 Å². The number of carbonyl (C=O) groups excluding carboxylic acids is 1. The molecular formula is C25H31N3O3. The molecule has 3 aliphatic rings. The molecule has 164 valence electrons. The van der Waals surface area contributed by atoms with E-state index in [0.29, 0.717) is 24.4 Å². The molecule has 1 aromatic carbocycles. The van der Waals surface area contributed by atoms with Crippen LogP contribution in [-0.4, -0.2) is 45.0 Å². The van der Waals surface area contributed by atoms with Gasteiger partial charge in [0.15, 0.2) is 0 Å². The van der Waals surface area contributed by atoms with Gasteiger partial charge in [-0.1, -0.05) is 13.0 Å². The molecule has 2 saturated heterocycles. The van der Waals surface area contributed by atoms with E-state index in [1.54, 1.807) is 0 Å². The number of carbonyl (C=O) groups is 2. The Morgan fingerprint density at radius 1 is 1.00 bits per heavy atom. The van der Waals surface area contributed by atoms with Gasteiger partial charge < -0.3 is 15.3 Å². The first-order valence-electron chi connectivity index (χ1n) is 11.7. The van der Waals surface area contributed by atoms with Gasteiger partial charge >= 0.3 is 5.97 Å². The van der Waals surface area contributed by atoms with Crippen molar-refractivity contribution in [3.63, 3.8) is 0 Å². The SMILES string of the molecule is CC1CCC(Nc2cc3ccc(C(=O)N4C5CCC4CC(C(=O)O)C5)cc3cn2)CC1. The zero-order valence-electron chi connectivity index (χ0n) is 18.1. The minimum Gasteiger partial charge on any atom is -0.481 e. The molecule has 1 saturated carbocycles. The number of nitrogens with one attached hydrogen (secondary N) is 1. The number of carboxylic acids is 1. The van der Waals surface area contributed by atoms with Gasteiger partial charge in [-0.2, -0.15) is 0 Å². The summed E-state index contributed by atoms with van der Waals surface area (Å²) in [6.07, 6.45) is 9.72. The van der Waals surface area contributed by atoms with E-state index in [4.69, 9.17) is 0 Å². The molecule has 6 nitrogen and oxygen atoms in total. The number of benzene rings is 1. The van der Waals surface area contributed by atoms with E-state index in [1.165, 1.54) is 25.7 Å². The Kier molecular flexibility index (Phi) is 5.32. The Labute approximate surface area is 183 Å². The molecular weight excluding hydrogens is 390 g/mol. The highest BCUT2D eigenvalue weighted by atomic mass is 16.4. The van der Waals surface area contributed by atoms with E-state index in [-0.39, 0.29) is 23.9 Å². The van der Waals surface area contributed by atoms with Gasteiger partial charge in [0.05, 0.1) is 5.92 Å². The molecule has 31 heavy (non-hydrogen) atoms. The number of fused-ring (bicyclic) bond motifs is 3. The van der Waals surface area contributed by atoms with Crippen LogP contribution in [0.3, 0.4) is 0 Å². The van der Waals surface area contributed by atoms with E-state index >= 15 is 0 Å². The maximum atomic E-state index is 13.3. The minimum absolute atomic E-state index is 0.0248. The van der Waals surface area contributed by atoms with E-state index in [9.17, 15) is 14.7 Å². The second-order valence-electron chi connectivity index (χ2n) is 9.84. The van der Waals surface area contributed by atoms with Crippen LogP contribution in [0.25, 0.3) is 10.8 Å². The summed E-state index contributed by atoms with van der Waals surface area (Å²) >= 11 is 0. The fourth-order valence-corrected chi connectivity index (χ4v) is 5.83. The highest BCUT2D eigenvalue weighted by molar-refractivity contribution is 5.99. The summed E-state index contributed by atoms with van der Waals surface area (Å²) in [6.45, 7) is 2.32. The zero-order valence-corrected chi connectivity index (χ0v) is 18.1. The minimum atomic E-state index is -0.729. The Morgan fingerprint density at radius 2 is 1.71 bits per heavy atom. The summed E-state index contributed by atoms with van der Waals surface area (Å²) in [7, 11) is 0. The van der Waals surface area contributed by atoms with Crippen molar-refractivity contribution in [2.75, 3.05) is 5.32 Å². The lowest BCUT2D eigenvalue weighted by Gasteiger charge is -2.37. The van der Waals surface area contributed by atoms with Gasteiger partial charge in [-0.3, -0.25) is 9.59 Å². The van der Waals surface area contributed by atoms with Crippen molar-refractivity contribution >= 4 is 28.5 Å². The molecule has 2 unspecified atom stereocenters. The normalized spacial score (nSPS) is 30.4. The lowest BCUT2D eigenvalue weighted by molar-refractivity contribution is -0.144. The van der Waals surface area contributed by atoms with Crippen LogP contribution >= 0.6 is 0 Å². The van der Waals surface area contributed by atoms with Gasteiger partial charge in [0.2, 0.25) is 0 Å². The number of carboxylic acid groups (broad SMARTS) is 1. The first kappa shape index (κ1) is 20.3. The predicted octanol–water partition coefficient (Wildman–Crippen LogP) is 4.69. The summed E-state index contributed by atoms with van der Waals surface area (Å²) in [5, 5.41) is 15.0. The van der Waals surface area contributed by atoms with Crippen LogP contribution in [0.2, 0.25) is 0 Å². The van der Waals surface area contributed by atoms with Gasteiger partial charge in [-0.05, 0) is 80.9 Å². The molecule has 1 aromatic heterocycles. The van der Waals surface area contributed by atoms with Crippen LogP contribution in [0, 0.1) is 11.8 Å². The van der Waals surface area contributed by atoms with Crippen molar-refractivity contribution in [3.8, 4) is 0 Å². The lowest BCUT2D eigenvalue weighted by atomic mass is 9.87. The fraction of sp³-hybridized carbons (Fsp3) is 0.560. The maximum absolute atomic E-state index is 13.3. The Bertz CT molecular complexity index is 985. The first-order chi connectivity index (χ1) is 15.0. The average molecular weight is 422 g/mol. The van der Waals surface area contributed by atoms with Gasteiger partial charge in [0.1, 0.15) is 5.82 Å². The van der Waals surface area contributed by atoms with Gasteiger partial charge in [0.25, 0.3) is 5.91 Å². The molecule has 0 spiro atoms. The molecule has 2 N–H and O–H groups in total. The maximum Gasteiger partial charge on any atom is 0.306 e. The predicted molar refractivity (Wildman–Crippen MR) is 120 cm³/mol. The third-order valence-corrected chi connectivity index (χ3v) is 7.65. The average Bonchev–Trinajstić information content (AvgIpc) is 3.03. The van der Waals surface area contributed by atoms with E-state index in [0.717, 1.165) is 35.3 Å². The summed E-state index contributed by atoms with van der Waals surface area (Å²) in [5.41, 5.74) is 0.668. The van der Waals surface area contributed by atoms with E-state index in [2.05, 4.69) is 23.3 Å². The molecule has 1 aliphatic carbocycles. The molecule has 2 bridgehead atoms. The second kappa shape index (κ2) is 8.13. The number of hydrogen-bond donors (Lipinski definition) is 2. The van der Waals surface area contributed by atoms with Crippen LogP contribution in [0.5, 0.6) is 0 Å². The van der Waals surface area contributed by atoms with Crippen LogP contribution in [0.1, 0.15) is 68.6 Å². The molecule has 5 rings (SSSR count). The molecule has 3 heterocycles. The third-order valence-electron chi connectivity index (χ3n) is 7.65. The highest BCUT2D eigenvalue weighted by Gasteiger charge is 2.45. The molecule has 2 aliphatic heterocycles. The number of aromatic nitrogens is 1. The first-order valence-corrected chi connectivity index (χ1v) is 11.7. The summed E-state index contributed by atoms with van der Waals surface area (Å²) in [6, 6.07) is 8.50. The molecule has 0 radical (unpaired) electrons. The number of pyridine rings is 1. The number of anilines is 1. The lowest BCUT2D eigenvalue weighted by Crippen LogP contribution is -2.47. The topological polar surface area (TPSA) is 82.5 Å². The van der Waals surface area contributed by atoms with Crippen LogP contribution < -0.4 is 5.32 Å². The molecule has 1 amide bonds. The Balaban J connectivity index is 1.31. The van der Waals surface area contributed by atoms with Crippen molar-refractivity contribution in [1.29, 1.82) is 0 Å². The smallest absolute Gasteiger partial charge is 0.306 e. The third kappa shape index (κ3) is 4.00. The van der Waals surface area contributed by atoms with Crippen molar-refractivity contribution < 1.29 is 14.7 Å². The number of aliphatic carboxylic acids is 1. The van der Waals surface area contributed by atoms with E-state index < -0.39 is 5.97 Å². The van der Waals surface area contributed by atoms with Gasteiger partial charge in [-0.15, -0.1) is 0 Å².